The fourth-order valence-corrected chi connectivity index (χ4v) is 1.63. The zero-order valence-electron chi connectivity index (χ0n) is 8.90. The molecule has 0 saturated carbocycles. The lowest BCUT2D eigenvalue weighted by Gasteiger charge is -2.06. The largest absolute Gasteiger partial charge is 0.398 e. The fourth-order valence-electron chi connectivity index (χ4n) is 1.16. The molecule has 6 heteroatoms. The number of nitrogen functional groups attached to an aromatic ring is 1. The number of rotatable bonds is 4. The maximum Gasteiger partial charge on any atom is 0.149 e. The van der Waals surface area contributed by atoms with Crippen molar-refractivity contribution in [1.29, 1.82) is 5.26 Å². The molecule has 0 atom stereocenters. The van der Waals surface area contributed by atoms with Crippen molar-refractivity contribution in [2.24, 2.45) is 0 Å². The third-order valence-electron chi connectivity index (χ3n) is 1.97. The van der Waals surface area contributed by atoms with Crippen molar-refractivity contribution in [1.82, 2.24) is 0 Å². The molecule has 3 N–H and O–H groups in total. The van der Waals surface area contributed by atoms with Gasteiger partial charge in [-0.25, -0.2) is 8.42 Å². The summed E-state index contributed by atoms with van der Waals surface area (Å²) in [5, 5.41) is 11.6. The van der Waals surface area contributed by atoms with Gasteiger partial charge >= 0.3 is 0 Å². The molecule has 0 aliphatic carbocycles. The number of nitrogens with two attached hydrogens (primary N) is 1. The van der Waals surface area contributed by atoms with Gasteiger partial charge in [0.1, 0.15) is 15.9 Å². The first kappa shape index (κ1) is 12.3. The zero-order valence-corrected chi connectivity index (χ0v) is 9.71. The van der Waals surface area contributed by atoms with Crippen LogP contribution in [0.5, 0.6) is 0 Å². The van der Waals surface area contributed by atoms with Crippen molar-refractivity contribution >= 4 is 21.2 Å². The monoisotopic (exact) mass is 239 g/mol. The van der Waals surface area contributed by atoms with E-state index in [4.69, 9.17) is 11.0 Å². The Bertz CT molecular complexity index is 517. The van der Waals surface area contributed by atoms with Gasteiger partial charge in [0.15, 0.2) is 0 Å². The molecule has 1 aromatic rings. The van der Waals surface area contributed by atoms with Gasteiger partial charge in [0.2, 0.25) is 0 Å². The maximum absolute atomic E-state index is 10.9. The number of nitrogens with zero attached hydrogens (tertiary/aromatic N) is 1. The molecule has 86 valence electrons. The van der Waals surface area contributed by atoms with Crippen LogP contribution in [0.4, 0.5) is 11.4 Å². The highest BCUT2D eigenvalue weighted by Gasteiger charge is 2.02. The summed E-state index contributed by atoms with van der Waals surface area (Å²) in [6.07, 6.45) is 1.18. The Labute approximate surface area is 94.8 Å². The van der Waals surface area contributed by atoms with Crippen molar-refractivity contribution in [3.63, 3.8) is 0 Å². The molecule has 0 heterocycles. The number of sulfone groups is 1. The Morgan fingerprint density at radius 1 is 1.50 bits per heavy atom. The second kappa shape index (κ2) is 4.86. The quantitative estimate of drug-likeness (QED) is 0.750. The van der Waals surface area contributed by atoms with Gasteiger partial charge in [-0.2, -0.15) is 5.26 Å². The summed E-state index contributed by atoms with van der Waals surface area (Å²) in [4.78, 5) is 0. The van der Waals surface area contributed by atoms with E-state index in [9.17, 15) is 8.42 Å². The number of nitriles is 1. The van der Waals surface area contributed by atoms with E-state index in [1.165, 1.54) is 6.26 Å². The molecule has 0 saturated heterocycles. The lowest BCUT2D eigenvalue weighted by atomic mass is 10.2. The smallest absolute Gasteiger partial charge is 0.149 e. The first-order chi connectivity index (χ1) is 7.42. The Balaban J connectivity index is 2.63. The molecule has 16 heavy (non-hydrogen) atoms. The lowest BCUT2D eigenvalue weighted by Crippen LogP contribution is -2.14. The molecule has 0 radical (unpaired) electrons. The fraction of sp³-hybridized carbons (Fsp3) is 0.300. The lowest BCUT2D eigenvalue weighted by molar-refractivity contribution is 0.602. The van der Waals surface area contributed by atoms with Crippen molar-refractivity contribution in [2.45, 2.75) is 0 Å². The Morgan fingerprint density at radius 2 is 2.19 bits per heavy atom. The van der Waals surface area contributed by atoms with E-state index in [2.05, 4.69) is 5.32 Å². The first-order valence-corrected chi connectivity index (χ1v) is 6.69. The van der Waals surface area contributed by atoms with Crippen molar-refractivity contribution in [2.75, 3.05) is 29.6 Å². The number of hydrogen-bond donors (Lipinski definition) is 2. The Kier molecular flexibility index (Phi) is 3.74. The van der Waals surface area contributed by atoms with Gasteiger partial charge in [-0.05, 0) is 18.2 Å². The highest BCUT2D eigenvalue weighted by molar-refractivity contribution is 7.90. The molecule has 0 aromatic heterocycles. The zero-order chi connectivity index (χ0) is 12.2. The summed E-state index contributed by atoms with van der Waals surface area (Å²) < 4.78 is 21.8. The molecular formula is C10H13N3O2S. The summed E-state index contributed by atoms with van der Waals surface area (Å²) in [6, 6.07) is 6.85. The highest BCUT2D eigenvalue weighted by atomic mass is 32.2. The van der Waals surface area contributed by atoms with Gasteiger partial charge < -0.3 is 11.1 Å². The molecule has 0 bridgehead atoms. The van der Waals surface area contributed by atoms with Crippen LogP contribution in [-0.4, -0.2) is 27.0 Å². The standard InChI is InChI=1S/C10H13N3O2S/c1-16(14,15)5-4-13-9-3-2-8(7-11)10(12)6-9/h2-3,6,13H,4-5,12H2,1H3. The molecule has 1 rings (SSSR count). The van der Waals surface area contributed by atoms with Gasteiger partial charge in [0.05, 0.1) is 17.0 Å². The van der Waals surface area contributed by atoms with Gasteiger partial charge in [0.25, 0.3) is 0 Å². The van der Waals surface area contributed by atoms with E-state index in [1.807, 2.05) is 6.07 Å². The van der Waals surface area contributed by atoms with E-state index < -0.39 is 9.84 Å². The van der Waals surface area contributed by atoms with Crippen LogP contribution >= 0.6 is 0 Å². The first-order valence-electron chi connectivity index (χ1n) is 4.63. The summed E-state index contributed by atoms with van der Waals surface area (Å²) >= 11 is 0. The summed E-state index contributed by atoms with van der Waals surface area (Å²) in [6.45, 7) is 0.324. The molecule has 5 nitrogen and oxygen atoms in total. The van der Waals surface area contributed by atoms with Crippen LogP contribution in [0.2, 0.25) is 0 Å². The number of nitrogens with one attached hydrogen (secondary N) is 1. The maximum atomic E-state index is 10.9. The van der Waals surface area contributed by atoms with Crippen LogP contribution in [0.3, 0.4) is 0 Å². The predicted octanol–water partition coefficient (Wildman–Crippen LogP) is 0.597. The molecule has 0 aliphatic rings. The van der Waals surface area contributed by atoms with E-state index in [0.29, 0.717) is 23.5 Å². The Morgan fingerprint density at radius 3 is 2.69 bits per heavy atom. The topological polar surface area (TPSA) is 96.0 Å². The van der Waals surface area contributed by atoms with E-state index in [0.717, 1.165) is 0 Å². The van der Waals surface area contributed by atoms with Crippen molar-refractivity contribution < 1.29 is 8.42 Å². The average Bonchev–Trinajstić information content (AvgIpc) is 2.16. The van der Waals surface area contributed by atoms with Gasteiger partial charge in [-0.3, -0.25) is 0 Å². The van der Waals surface area contributed by atoms with Crippen LogP contribution in [0.15, 0.2) is 18.2 Å². The summed E-state index contributed by atoms with van der Waals surface area (Å²) in [5.74, 6) is 0.0624. The average molecular weight is 239 g/mol. The third-order valence-corrected chi connectivity index (χ3v) is 2.92. The normalized spacial score (nSPS) is 10.8. The molecular weight excluding hydrogens is 226 g/mol. The second-order valence-corrected chi connectivity index (χ2v) is 5.73. The third kappa shape index (κ3) is 3.79. The molecule has 0 amide bonds. The van der Waals surface area contributed by atoms with Gasteiger partial charge in [0, 0.05) is 18.5 Å². The van der Waals surface area contributed by atoms with Crippen LogP contribution in [0.1, 0.15) is 5.56 Å². The number of anilines is 2. The van der Waals surface area contributed by atoms with Gasteiger partial charge in [-0.1, -0.05) is 0 Å². The summed E-state index contributed by atoms with van der Waals surface area (Å²) in [5.41, 5.74) is 7.11. The Hall–Kier alpha value is -1.74. The minimum absolute atomic E-state index is 0.0624. The van der Waals surface area contributed by atoms with E-state index in [-0.39, 0.29) is 5.75 Å². The van der Waals surface area contributed by atoms with Crippen LogP contribution in [0, 0.1) is 11.3 Å². The van der Waals surface area contributed by atoms with Crippen molar-refractivity contribution in [3.05, 3.63) is 23.8 Å². The van der Waals surface area contributed by atoms with Crippen molar-refractivity contribution in [3.8, 4) is 6.07 Å². The minimum atomic E-state index is -2.96. The highest BCUT2D eigenvalue weighted by Crippen LogP contribution is 2.16. The van der Waals surface area contributed by atoms with Crippen LogP contribution < -0.4 is 11.1 Å². The van der Waals surface area contributed by atoms with Gasteiger partial charge in [-0.15, -0.1) is 0 Å². The predicted molar refractivity (Wildman–Crippen MR) is 63.8 cm³/mol. The molecule has 0 fully saturated rings. The number of benzene rings is 1. The number of hydrogen-bond acceptors (Lipinski definition) is 5. The molecule has 0 spiro atoms. The summed E-state index contributed by atoms with van der Waals surface area (Å²) in [7, 11) is -2.96. The minimum Gasteiger partial charge on any atom is -0.398 e. The van der Waals surface area contributed by atoms with E-state index >= 15 is 0 Å². The molecule has 0 unspecified atom stereocenters. The SMILES string of the molecule is CS(=O)(=O)CCNc1ccc(C#N)c(N)c1. The van der Waals surface area contributed by atoms with E-state index in [1.54, 1.807) is 18.2 Å². The molecule has 0 aliphatic heterocycles. The van der Waals surface area contributed by atoms with Crippen LogP contribution in [-0.2, 0) is 9.84 Å². The van der Waals surface area contributed by atoms with Crippen LogP contribution in [0.25, 0.3) is 0 Å². The molecule has 1 aromatic carbocycles. The second-order valence-electron chi connectivity index (χ2n) is 3.47.